The lowest BCUT2D eigenvalue weighted by atomic mass is 10.0. The number of halogens is 3. The molecule has 1 unspecified atom stereocenters. The molecular weight excluding hydrogens is 329 g/mol. The van der Waals surface area contributed by atoms with Crippen LogP contribution in [-0.4, -0.2) is 4.98 Å². The van der Waals surface area contributed by atoms with Crippen LogP contribution in [0.3, 0.4) is 0 Å². The SMILES string of the molecule is [C-]#[N+]c1ccc(OC(CC(C)C)c2cccc(C)n2)cc1C(F)(F)F. The number of aryl methyl sites for hydroxylation is 1. The fourth-order valence-electron chi connectivity index (χ4n) is 2.48. The minimum Gasteiger partial charge on any atom is -0.484 e. The molecule has 0 saturated carbocycles. The molecule has 0 bridgehead atoms. The van der Waals surface area contributed by atoms with Gasteiger partial charge in [-0.3, -0.25) is 4.98 Å². The third kappa shape index (κ3) is 4.96. The molecule has 0 aliphatic carbocycles. The largest absolute Gasteiger partial charge is 0.484 e. The first kappa shape index (κ1) is 18.8. The van der Waals surface area contributed by atoms with Crippen LogP contribution >= 0.6 is 0 Å². The Kier molecular flexibility index (Phi) is 5.68. The van der Waals surface area contributed by atoms with Gasteiger partial charge in [-0.05, 0) is 43.5 Å². The number of hydrogen-bond donors (Lipinski definition) is 0. The standard InChI is InChI=1S/C19H19F3N2O/c1-12(2)10-18(17-7-5-6-13(3)24-17)25-14-8-9-16(23-4)15(11-14)19(20,21)22/h5-9,11-12,18H,10H2,1-3H3. The van der Waals surface area contributed by atoms with E-state index in [1.165, 1.54) is 6.07 Å². The molecule has 0 spiro atoms. The number of aromatic nitrogens is 1. The highest BCUT2D eigenvalue weighted by molar-refractivity contribution is 5.56. The maximum absolute atomic E-state index is 13.1. The summed E-state index contributed by atoms with van der Waals surface area (Å²) >= 11 is 0. The fraction of sp³-hybridized carbons (Fsp3) is 0.368. The molecule has 1 aromatic carbocycles. The molecule has 0 amide bonds. The van der Waals surface area contributed by atoms with Crippen molar-refractivity contribution >= 4 is 5.69 Å². The summed E-state index contributed by atoms with van der Waals surface area (Å²) in [5, 5.41) is 0. The zero-order chi connectivity index (χ0) is 18.6. The average molecular weight is 348 g/mol. The number of alkyl halides is 3. The van der Waals surface area contributed by atoms with Crippen LogP contribution in [0.2, 0.25) is 0 Å². The first-order chi connectivity index (χ1) is 11.7. The Labute approximate surface area is 145 Å². The Balaban J connectivity index is 2.38. The van der Waals surface area contributed by atoms with E-state index in [1.807, 2.05) is 32.9 Å². The van der Waals surface area contributed by atoms with E-state index in [9.17, 15) is 13.2 Å². The lowest BCUT2D eigenvalue weighted by Gasteiger charge is -2.22. The molecule has 2 rings (SSSR count). The lowest BCUT2D eigenvalue weighted by Crippen LogP contribution is -2.13. The predicted octanol–water partition coefficient (Wildman–Crippen LogP) is 6.13. The highest BCUT2D eigenvalue weighted by Crippen LogP contribution is 2.39. The summed E-state index contributed by atoms with van der Waals surface area (Å²) in [6.45, 7) is 12.8. The molecule has 0 saturated heterocycles. The molecule has 0 N–H and O–H groups in total. The zero-order valence-electron chi connectivity index (χ0n) is 14.3. The summed E-state index contributed by atoms with van der Waals surface area (Å²) < 4.78 is 45.2. The summed E-state index contributed by atoms with van der Waals surface area (Å²) in [5.74, 6) is 0.352. The van der Waals surface area contributed by atoms with Crippen LogP contribution in [0.1, 0.15) is 43.3 Å². The molecule has 0 aliphatic rings. The van der Waals surface area contributed by atoms with Gasteiger partial charge in [0.1, 0.15) is 11.9 Å². The van der Waals surface area contributed by atoms with Gasteiger partial charge in [0.05, 0.1) is 17.8 Å². The first-order valence-electron chi connectivity index (χ1n) is 7.89. The predicted molar refractivity (Wildman–Crippen MR) is 89.5 cm³/mol. The maximum Gasteiger partial charge on any atom is 0.407 e. The zero-order valence-corrected chi connectivity index (χ0v) is 14.3. The Morgan fingerprint density at radius 1 is 1.20 bits per heavy atom. The van der Waals surface area contributed by atoms with Crippen LogP contribution in [0, 0.1) is 19.4 Å². The molecule has 1 aromatic heterocycles. The van der Waals surface area contributed by atoms with Gasteiger partial charge in [-0.1, -0.05) is 26.0 Å². The molecular formula is C19H19F3N2O. The molecule has 0 fully saturated rings. The second-order valence-electron chi connectivity index (χ2n) is 6.23. The van der Waals surface area contributed by atoms with Crippen molar-refractivity contribution in [1.29, 1.82) is 0 Å². The Hall–Kier alpha value is -2.55. The van der Waals surface area contributed by atoms with Gasteiger partial charge >= 0.3 is 6.18 Å². The van der Waals surface area contributed by atoms with Crippen molar-refractivity contribution in [3.63, 3.8) is 0 Å². The van der Waals surface area contributed by atoms with E-state index in [-0.39, 0.29) is 11.7 Å². The molecule has 1 atom stereocenters. The number of benzene rings is 1. The highest BCUT2D eigenvalue weighted by atomic mass is 19.4. The summed E-state index contributed by atoms with van der Waals surface area (Å²) in [4.78, 5) is 7.37. The average Bonchev–Trinajstić information content (AvgIpc) is 2.53. The van der Waals surface area contributed by atoms with Gasteiger partial charge in [0.25, 0.3) is 0 Å². The van der Waals surface area contributed by atoms with E-state index in [0.717, 1.165) is 17.8 Å². The van der Waals surface area contributed by atoms with Crippen LogP contribution in [0.25, 0.3) is 4.85 Å². The van der Waals surface area contributed by atoms with Crippen molar-refractivity contribution in [3.05, 3.63) is 64.8 Å². The summed E-state index contributed by atoms with van der Waals surface area (Å²) in [6.07, 6.45) is -4.45. The lowest BCUT2D eigenvalue weighted by molar-refractivity contribution is -0.137. The van der Waals surface area contributed by atoms with Crippen molar-refractivity contribution in [2.24, 2.45) is 5.92 Å². The monoisotopic (exact) mass is 348 g/mol. The second kappa shape index (κ2) is 7.56. The van der Waals surface area contributed by atoms with Crippen molar-refractivity contribution < 1.29 is 17.9 Å². The molecule has 2 aromatic rings. The van der Waals surface area contributed by atoms with Gasteiger partial charge < -0.3 is 4.74 Å². The summed E-state index contributed by atoms with van der Waals surface area (Å²) in [5.41, 5.74) is 0.0696. The van der Waals surface area contributed by atoms with E-state index in [4.69, 9.17) is 11.3 Å². The number of pyridine rings is 1. The summed E-state index contributed by atoms with van der Waals surface area (Å²) in [7, 11) is 0. The number of hydrogen-bond acceptors (Lipinski definition) is 2. The Morgan fingerprint density at radius 2 is 1.92 bits per heavy atom. The van der Waals surface area contributed by atoms with Crippen molar-refractivity contribution in [1.82, 2.24) is 4.98 Å². The van der Waals surface area contributed by atoms with Crippen LogP contribution < -0.4 is 4.74 Å². The van der Waals surface area contributed by atoms with Crippen LogP contribution in [-0.2, 0) is 6.18 Å². The number of ether oxygens (including phenoxy) is 1. The molecule has 6 heteroatoms. The van der Waals surface area contributed by atoms with Gasteiger partial charge in [-0.25, -0.2) is 4.85 Å². The maximum atomic E-state index is 13.1. The fourth-order valence-corrected chi connectivity index (χ4v) is 2.48. The quantitative estimate of drug-likeness (QED) is 0.608. The molecule has 25 heavy (non-hydrogen) atoms. The first-order valence-corrected chi connectivity index (χ1v) is 7.89. The smallest absolute Gasteiger partial charge is 0.407 e. The number of nitrogens with zero attached hydrogens (tertiary/aromatic N) is 2. The van der Waals surface area contributed by atoms with E-state index in [1.54, 1.807) is 6.07 Å². The van der Waals surface area contributed by atoms with Crippen LogP contribution in [0.15, 0.2) is 36.4 Å². The van der Waals surface area contributed by atoms with Gasteiger partial charge in [0.2, 0.25) is 0 Å². The van der Waals surface area contributed by atoms with E-state index >= 15 is 0 Å². The molecule has 132 valence electrons. The highest BCUT2D eigenvalue weighted by Gasteiger charge is 2.34. The molecule has 1 heterocycles. The normalized spacial score (nSPS) is 12.7. The third-order valence-electron chi connectivity index (χ3n) is 3.60. The van der Waals surface area contributed by atoms with Crippen molar-refractivity contribution in [2.75, 3.05) is 0 Å². The van der Waals surface area contributed by atoms with Gasteiger partial charge in [-0.2, -0.15) is 13.2 Å². The topological polar surface area (TPSA) is 26.5 Å². The van der Waals surface area contributed by atoms with Gasteiger partial charge in [0, 0.05) is 5.69 Å². The summed E-state index contributed by atoms with van der Waals surface area (Å²) in [6, 6.07) is 8.92. The third-order valence-corrected chi connectivity index (χ3v) is 3.60. The minimum absolute atomic E-state index is 0.0775. The van der Waals surface area contributed by atoms with E-state index in [2.05, 4.69) is 9.83 Å². The van der Waals surface area contributed by atoms with E-state index in [0.29, 0.717) is 12.1 Å². The van der Waals surface area contributed by atoms with Crippen LogP contribution in [0.5, 0.6) is 5.75 Å². The second-order valence-corrected chi connectivity index (χ2v) is 6.23. The Bertz CT molecular complexity index is 779. The van der Waals surface area contributed by atoms with Crippen molar-refractivity contribution in [3.8, 4) is 5.75 Å². The molecule has 0 radical (unpaired) electrons. The van der Waals surface area contributed by atoms with Gasteiger partial charge in [-0.15, -0.1) is 0 Å². The molecule has 3 nitrogen and oxygen atoms in total. The number of rotatable bonds is 5. The van der Waals surface area contributed by atoms with Gasteiger partial charge in [0.15, 0.2) is 5.69 Å². The molecule has 0 aliphatic heterocycles. The Morgan fingerprint density at radius 3 is 2.48 bits per heavy atom. The van der Waals surface area contributed by atoms with Crippen molar-refractivity contribution in [2.45, 2.75) is 39.5 Å². The minimum atomic E-state index is -4.60. The van der Waals surface area contributed by atoms with E-state index < -0.39 is 23.5 Å². The van der Waals surface area contributed by atoms with Crippen LogP contribution in [0.4, 0.5) is 18.9 Å².